The van der Waals surface area contributed by atoms with Crippen molar-refractivity contribution in [3.8, 4) is 0 Å². The Bertz CT molecular complexity index is 1070. The molecule has 2 aromatic rings. The SMILES string of the molecule is CCC1Sc2ccc(S(=O)(=O)CCC(=O)Nc3ccc(C)c(F)c3)cc2NC1=O. The molecule has 0 fully saturated rings. The number of anilines is 2. The van der Waals surface area contributed by atoms with Crippen LogP contribution in [0.5, 0.6) is 0 Å². The minimum absolute atomic E-state index is 0.0429. The minimum Gasteiger partial charge on any atom is -0.326 e. The summed E-state index contributed by atoms with van der Waals surface area (Å²) in [5.41, 5.74) is 1.19. The maximum absolute atomic E-state index is 13.6. The topological polar surface area (TPSA) is 92.3 Å². The van der Waals surface area contributed by atoms with Crippen LogP contribution in [-0.2, 0) is 19.4 Å². The highest BCUT2D eigenvalue weighted by Crippen LogP contribution is 2.38. The Morgan fingerprint density at radius 1 is 1.24 bits per heavy atom. The molecule has 3 rings (SSSR count). The Balaban J connectivity index is 1.66. The van der Waals surface area contributed by atoms with Gasteiger partial charge < -0.3 is 10.6 Å². The van der Waals surface area contributed by atoms with Crippen LogP contribution in [0.15, 0.2) is 46.2 Å². The average molecular weight is 437 g/mol. The number of amides is 2. The Kier molecular flexibility index (Phi) is 6.28. The predicted molar refractivity (Wildman–Crippen MR) is 111 cm³/mol. The molecular weight excluding hydrogens is 415 g/mol. The molecule has 1 aliphatic rings. The fourth-order valence-electron chi connectivity index (χ4n) is 2.83. The van der Waals surface area contributed by atoms with Crippen LogP contribution in [0.2, 0.25) is 0 Å². The number of hydrogen-bond acceptors (Lipinski definition) is 5. The summed E-state index contributed by atoms with van der Waals surface area (Å²) in [6.45, 7) is 3.52. The van der Waals surface area contributed by atoms with Gasteiger partial charge in [0.1, 0.15) is 5.82 Å². The van der Waals surface area contributed by atoms with Crippen molar-refractivity contribution in [2.45, 2.75) is 41.7 Å². The summed E-state index contributed by atoms with van der Waals surface area (Å²) in [6, 6.07) is 8.86. The monoisotopic (exact) mass is 436 g/mol. The molecule has 1 unspecified atom stereocenters. The normalized spacial score (nSPS) is 16.1. The van der Waals surface area contributed by atoms with E-state index < -0.39 is 27.3 Å². The van der Waals surface area contributed by atoms with Crippen molar-refractivity contribution in [3.63, 3.8) is 0 Å². The zero-order valence-electron chi connectivity index (χ0n) is 16.0. The van der Waals surface area contributed by atoms with Crippen molar-refractivity contribution in [2.24, 2.45) is 0 Å². The molecule has 0 bridgehead atoms. The summed E-state index contributed by atoms with van der Waals surface area (Å²) >= 11 is 1.40. The lowest BCUT2D eigenvalue weighted by Crippen LogP contribution is -2.28. The number of hydrogen-bond donors (Lipinski definition) is 2. The lowest BCUT2D eigenvalue weighted by atomic mass is 10.2. The average Bonchev–Trinajstić information content (AvgIpc) is 2.68. The molecule has 6 nitrogen and oxygen atoms in total. The van der Waals surface area contributed by atoms with Crippen LogP contribution >= 0.6 is 11.8 Å². The third-order valence-corrected chi connectivity index (χ3v) is 7.71. The number of rotatable bonds is 6. The fourth-order valence-corrected chi connectivity index (χ4v) is 5.12. The van der Waals surface area contributed by atoms with Gasteiger partial charge in [0.05, 0.1) is 21.6 Å². The van der Waals surface area contributed by atoms with Gasteiger partial charge in [0.15, 0.2) is 9.84 Å². The van der Waals surface area contributed by atoms with Crippen molar-refractivity contribution in [3.05, 3.63) is 47.8 Å². The first kappa shape index (κ1) is 21.3. The van der Waals surface area contributed by atoms with Crippen molar-refractivity contribution >= 4 is 44.8 Å². The van der Waals surface area contributed by atoms with Crippen LogP contribution in [0.25, 0.3) is 0 Å². The number of halogens is 1. The highest BCUT2D eigenvalue weighted by Gasteiger charge is 2.27. The molecule has 2 aromatic carbocycles. The number of carbonyl (C=O) groups is 2. The molecule has 0 aliphatic carbocycles. The van der Waals surface area contributed by atoms with Gasteiger partial charge in [-0.25, -0.2) is 12.8 Å². The Morgan fingerprint density at radius 3 is 2.69 bits per heavy atom. The maximum Gasteiger partial charge on any atom is 0.237 e. The lowest BCUT2D eigenvalue weighted by molar-refractivity contribution is -0.116. The van der Waals surface area contributed by atoms with E-state index in [0.29, 0.717) is 17.7 Å². The van der Waals surface area contributed by atoms with E-state index in [1.165, 1.54) is 36.0 Å². The number of fused-ring (bicyclic) bond motifs is 1. The van der Waals surface area contributed by atoms with E-state index in [0.717, 1.165) is 4.90 Å². The van der Waals surface area contributed by atoms with Gasteiger partial charge in [-0.15, -0.1) is 11.8 Å². The van der Waals surface area contributed by atoms with Crippen LogP contribution in [0, 0.1) is 12.7 Å². The van der Waals surface area contributed by atoms with Crippen LogP contribution in [0.4, 0.5) is 15.8 Å². The molecule has 0 aromatic heterocycles. The summed E-state index contributed by atoms with van der Waals surface area (Å²) in [7, 11) is -3.73. The maximum atomic E-state index is 13.6. The van der Waals surface area contributed by atoms with Crippen molar-refractivity contribution < 1.29 is 22.4 Å². The Labute approximate surface area is 173 Å². The first-order valence-corrected chi connectivity index (χ1v) is 11.6. The standard InChI is InChI=1S/C20H21FN2O4S2/c1-3-17-20(25)23-16-11-14(6-7-18(16)28-17)29(26,27)9-8-19(24)22-13-5-4-12(2)15(21)10-13/h4-7,10-11,17H,3,8-9H2,1-2H3,(H,22,24)(H,23,25). The van der Waals surface area contributed by atoms with Gasteiger partial charge in [-0.3, -0.25) is 9.59 Å². The Morgan fingerprint density at radius 2 is 2.00 bits per heavy atom. The summed E-state index contributed by atoms with van der Waals surface area (Å²) in [5.74, 6) is -1.52. The van der Waals surface area contributed by atoms with Gasteiger partial charge in [0.2, 0.25) is 11.8 Å². The summed E-state index contributed by atoms with van der Waals surface area (Å²) in [4.78, 5) is 25.0. The van der Waals surface area contributed by atoms with Crippen LogP contribution in [0.3, 0.4) is 0 Å². The Hall–Kier alpha value is -2.39. The van der Waals surface area contributed by atoms with Gasteiger partial charge in [-0.2, -0.15) is 0 Å². The number of sulfone groups is 1. The van der Waals surface area contributed by atoms with Crippen molar-refractivity contribution in [2.75, 3.05) is 16.4 Å². The number of nitrogens with one attached hydrogen (secondary N) is 2. The molecule has 9 heteroatoms. The first-order valence-electron chi connectivity index (χ1n) is 9.10. The van der Waals surface area contributed by atoms with Gasteiger partial charge >= 0.3 is 0 Å². The van der Waals surface area contributed by atoms with Crippen LogP contribution in [-0.4, -0.2) is 31.2 Å². The predicted octanol–water partition coefficient (Wildman–Crippen LogP) is 3.76. The second kappa shape index (κ2) is 8.54. The highest BCUT2D eigenvalue weighted by molar-refractivity contribution is 8.01. The number of carbonyl (C=O) groups excluding carboxylic acids is 2. The van der Waals surface area contributed by atoms with Crippen LogP contribution in [0.1, 0.15) is 25.3 Å². The van der Waals surface area contributed by atoms with Gasteiger partial charge in [-0.05, 0) is 49.2 Å². The smallest absolute Gasteiger partial charge is 0.237 e. The van der Waals surface area contributed by atoms with Crippen molar-refractivity contribution in [1.29, 1.82) is 0 Å². The van der Waals surface area contributed by atoms with E-state index in [1.54, 1.807) is 19.1 Å². The minimum atomic E-state index is -3.73. The highest BCUT2D eigenvalue weighted by atomic mass is 32.2. The zero-order chi connectivity index (χ0) is 21.2. The second-order valence-corrected chi connectivity index (χ2v) is 10.1. The molecule has 2 N–H and O–H groups in total. The van der Waals surface area contributed by atoms with E-state index in [4.69, 9.17) is 0 Å². The quantitative estimate of drug-likeness (QED) is 0.719. The second-order valence-electron chi connectivity index (χ2n) is 6.74. The summed E-state index contributed by atoms with van der Waals surface area (Å²) in [6.07, 6.45) is 0.407. The molecule has 1 heterocycles. The molecule has 154 valence electrons. The third kappa shape index (κ3) is 4.97. The molecule has 1 aliphatic heterocycles. The van der Waals surface area contributed by atoms with Gasteiger partial charge in [0.25, 0.3) is 0 Å². The van der Waals surface area contributed by atoms with E-state index in [-0.39, 0.29) is 28.2 Å². The van der Waals surface area contributed by atoms with Gasteiger partial charge in [0, 0.05) is 17.0 Å². The number of thioether (sulfide) groups is 1. The number of aryl methyl sites for hydroxylation is 1. The molecule has 0 saturated carbocycles. The molecule has 2 amide bonds. The van der Waals surface area contributed by atoms with E-state index in [1.807, 2.05) is 6.92 Å². The number of benzene rings is 2. The molecule has 0 saturated heterocycles. The summed E-state index contributed by atoms with van der Waals surface area (Å²) < 4.78 is 38.8. The van der Waals surface area contributed by atoms with Crippen molar-refractivity contribution in [1.82, 2.24) is 0 Å². The largest absolute Gasteiger partial charge is 0.326 e. The lowest BCUT2D eigenvalue weighted by Gasteiger charge is -2.23. The van der Waals surface area contributed by atoms with E-state index in [9.17, 15) is 22.4 Å². The van der Waals surface area contributed by atoms with Crippen LogP contribution < -0.4 is 10.6 Å². The molecule has 0 spiro atoms. The summed E-state index contributed by atoms with van der Waals surface area (Å²) in [5, 5.41) is 5.04. The first-order chi connectivity index (χ1) is 13.7. The molecular formula is C20H21FN2O4S2. The molecule has 0 radical (unpaired) electrons. The molecule has 1 atom stereocenters. The fraction of sp³-hybridized carbons (Fsp3) is 0.300. The van der Waals surface area contributed by atoms with E-state index in [2.05, 4.69) is 10.6 Å². The zero-order valence-corrected chi connectivity index (χ0v) is 17.6. The third-order valence-electron chi connectivity index (χ3n) is 4.55. The molecule has 29 heavy (non-hydrogen) atoms. The van der Waals surface area contributed by atoms with Gasteiger partial charge in [-0.1, -0.05) is 13.0 Å². The van der Waals surface area contributed by atoms with E-state index >= 15 is 0 Å².